The molecular weight excluding hydrogens is 494 g/mol. The highest BCUT2D eigenvalue weighted by molar-refractivity contribution is 5.95. The van der Waals surface area contributed by atoms with Crippen LogP contribution in [-0.2, 0) is 20.7 Å². The van der Waals surface area contributed by atoms with Gasteiger partial charge < -0.3 is 24.6 Å². The van der Waals surface area contributed by atoms with Crippen molar-refractivity contribution < 1.29 is 24.1 Å². The van der Waals surface area contributed by atoms with E-state index in [-0.39, 0.29) is 12.0 Å². The lowest BCUT2D eigenvalue weighted by atomic mass is 10.1. The summed E-state index contributed by atoms with van der Waals surface area (Å²) < 4.78 is 16.2. The number of aromatic nitrogens is 2. The predicted octanol–water partition coefficient (Wildman–Crippen LogP) is 5.66. The number of nitrogens with one attached hydrogen (secondary N) is 1. The molecule has 200 valence electrons. The molecule has 0 saturated carbocycles. The number of benzene rings is 3. The van der Waals surface area contributed by atoms with Crippen molar-refractivity contribution in [3.63, 3.8) is 0 Å². The molecule has 0 saturated heterocycles. The van der Waals surface area contributed by atoms with Gasteiger partial charge in [0.2, 0.25) is 0 Å². The van der Waals surface area contributed by atoms with Gasteiger partial charge in [0.15, 0.2) is 12.1 Å². The molecule has 4 rings (SSSR count). The van der Waals surface area contributed by atoms with E-state index in [9.17, 15) is 9.90 Å². The number of carbonyl (C=O) groups is 1. The van der Waals surface area contributed by atoms with Crippen molar-refractivity contribution in [2.24, 2.45) is 0 Å². The Kier molecular flexibility index (Phi) is 9.77. The molecular formula is C31H31N3O5. The lowest BCUT2D eigenvalue weighted by Gasteiger charge is -2.14. The lowest BCUT2D eigenvalue weighted by Crippen LogP contribution is -2.16. The van der Waals surface area contributed by atoms with Crippen molar-refractivity contribution in [3.8, 4) is 17.0 Å². The summed E-state index contributed by atoms with van der Waals surface area (Å²) in [6.07, 6.45) is 3.98. The summed E-state index contributed by atoms with van der Waals surface area (Å²) in [4.78, 5) is 21.5. The van der Waals surface area contributed by atoms with Gasteiger partial charge in [0.25, 0.3) is 0 Å². The van der Waals surface area contributed by atoms with Crippen molar-refractivity contribution in [2.45, 2.75) is 19.1 Å². The first-order chi connectivity index (χ1) is 19.1. The van der Waals surface area contributed by atoms with E-state index < -0.39 is 5.97 Å². The van der Waals surface area contributed by atoms with Gasteiger partial charge in [-0.3, -0.25) is 0 Å². The molecule has 0 aliphatic carbocycles. The minimum absolute atomic E-state index is 0.00301. The van der Waals surface area contributed by atoms with Crippen LogP contribution in [0.3, 0.4) is 0 Å². The Bertz CT molecular complexity index is 1370. The highest BCUT2D eigenvalue weighted by Gasteiger charge is 2.15. The van der Waals surface area contributed by atoms with Crippen LogP contribution >= 0.6 is 0 Å². The second-order valence-electron chi connectivity index (χ2n) is 8.67. The van der Waals surface area contributed by atoms with E-state index in [2.05, 4.69) is 10.3 Å². The zero-order valence-corrected chi connectivity index (χ0v) is 21.9. The number of aliphatic carboxylic acids is 1. The number of rotatable bonds is 13. The Morgan fingerprint density at radius 1 is 0.949 bits per heavy atom. The number of hydrogen-bond donors (Lipinski definition) is 2. The molecule has 0 aliphatic heterocycles. The summed E-state index contributed by atoms with van der Waals surface area (Å²) in [7, 11) is 3.19. The maximum atomic E-state index is 12.0. The highest BCUT2D eigenvalue weighted by atomic mass is 16.7. The van der Waals surface area contributed by atoms with E-state index in [1.54, 1.807) is 26.5 Å². The van der Waals surface area contributed by atoms with Crippen LogP contribution in [0.2, 0.25) is 0 Å². The normalized spacial score (nSPS) is 11.4. The number of anilines is 1. The summed E-state index contributed by atoms with van der Waals surface area (Å²) in [5.74, 6) is 0.0175. The topological polar surface area (TPSA) is 103 Å². The first-order valence-corrected chi connectivity index (χ1v) is 12.5. The second kappa shape index (κ2) is 13.9. The largest absolute Gasteiger partial charge is 0.493 e. The number of carboxylic acids is 1. The quantitative estimate of drug-likeness (QED) is 0.170. The monoisotopic (exact) mass is 525 g/mol. The lowest BCUT2D eigenvalue weighted by molar-refractivity contribution is -0.132. The summed E-state index contributed by atoms with van der Waals surface area (Å²) >= 11 is 0. The van der Waals surface area contributed by atoms with E-state index in [1.807, 2.05) is 84.9 Å². The molecule has 0 radical (unpaired) electrons. The fraction of sp³-hybridized carbons (Fsp3) is 0.194. The third-order valence-corrected chi connectivity index (χ3v) is 5.95. The van der Waals surface area contributed by atoms with Crippen LogP contribution in [-0.4, -0.2) is 48.2 Å². The van der Waals surface area contributed by atoms with E-state index in [0.717, 1.165) is 22.4 Å². The fourth-order valence-corrected chi connectivity index (χ4v) is 3.91. The van der Waals surface area contributed by atoms with Crippen molar-refractivity contribution in [1.82, 2.24) is 9.97 Å². The Morgan fingerprint density at radius 3 is 2.26 bits per heavy atom. The first kappa shape index (κ1) is 27.5. The third kappa shape index (κ3) is 7.98. The second-order valence-corrected chi connectivity index (χ2v) is 8.67. The molecule has 8 heteroatoms. The Labute approximate surface area is 227 Å². The van der Waals surface area contributed by atoms with Crippen LogP contribution < -0.4 is 10.1 Å². The number of nitrogens with zero attached hydrogens (tertiary/aromatic N) is 2. The van der Waals surface area contributed by atoms with Gasteiger partial charge in [0.1, 0.15) is 11.4 Å². The zero-order valence-electron chi connectivity index (χ0n) is 21.9. The zero-order chi connectivity index (χ0) is 27.5. The van der Waals surface area contributed by atoms with Crippen molar-refractivity contribution in [2.75, 3.05) is 26.1 Å². The molecule has 39 heavy (non-hydrogen) atoms. The molecule has 0 spiro atoms. The summed E-state index contributed by atoms with van der Waals surface area (Å²) in [5.41, 5.74) is 3.96. The van der Waals surface area contributed by atoms with Gasteiger partial charge >= 0.3 is 5.97 Å². The molecule has 0 amide bonds. The average molecular weight is 526 g/mol. The van der Waals surface area contributed by atoms with Crippen molar-refractivity contribution >= 4 is 17.9 Å². The van der Waals surface area contributed by atoms with Crippen LogP contribution in [0.15, 0.2) is 96.8 Å². The van der Waals surface area contributed by atoms with E-state index in [4.69, 9.17) is 19.2 Å². The highest BCUT2D eigenvalue weighted by Crippen LogP contribution is 2.25. The first-order valence-electron chi connectivity index (χ1n) is 12.5. The molecule has 4 aromatic rings. The van der Waals surface area contributed by atoms with Gasteiger partial charge in [-0.05, 0) is 41.5 Å². The standard InChI is InChI=1S/C31H31N3O5/c1-37-29(38-2)17-18-39-25-15-13-24(14-16-25)28-21-32-30(26(33-28)19-22-9-5-3-6-10-22)34-27(31(35)36)20-23-11-7-4-8-12-23/h3-16,20-21,29H,17-19H2,1-2H3,(H,32,34)(H,35,36)/b27-20-. The molecule has 1 aromatic heterocycles. The molecule has 2 N–H and O–H groups in total. The summed E-state index contributed by atoms with van der Waals surface area (Å²) in [6.45, 7) is 0.454. The summed E-state index contributed by atoms with van der Waals surface area (Å²) in [6, 6.07) is 26.7. The number of carboxylic acid groups (broad SMARTS) is 1. The van der Waals surface area contributed by atoms with Crippen LogP contribution in [0.1, 0.15) is 23.2 Å². The molecule has 0 atom stereocenters. The van der Waals surface area contributed by atoms with E-state index >= 15 is 0 Å². The van der Waals surface area contributed by atoms with Crippen LogP contribution in [0.4, 0.5) is 5.82 Å². The van der Waals surface area contributed by atoms with Crippen LogP contribution in [0, 0.1) is 0 Å². The minimum Gasteiger partial charge on any atom is -0.493 e. The Hall–Kier alpha value is -4.53. The fourth-order valence-electron chi connectivity index (χ4n) is 3.91. The molecule has 0 aliphatic rings. The van der Waals surface area contributed by atoms with Gasteiger partial charge in [-0.1, -0.05) is 60.7 Å². The van der Waals surface area contributed by atoms with Crippen LogP contribution in [0.5, 0.6) is 5.75 Å². The van der Waals surface area contributed by atoms with Gasteiger partial charge in [0, 0.05) is 32.6 Å². The molecule has 0 unspecified atom stereocenters. The number of methoxy groups -OCH3 is 2. The smallest absolute Gasteiger partial charge is 0.352 e. The maximum Gasteiger partial charge on any atom is 0.352 e. The van der Waals surface area contributed by atoms with E-state index in [0.29, 0.717) is 36.7 Å². The van der Waals surface area contributed by atoms with Crippen LogP contribution in [0.25, 0.3) is 17.3 Å². The molecule has 3 aromatic carbocycles. The maximum absolute atomic E-state index is 12.0. The number of ether oxygens (including phenoxy) is 3. The predicted molar refractivity (Wildman–Crippen MR) is 150 cm³/mol. The molecule has 0 bridgehead atoms. The van der Waals surface area contributed by atoms with Crippen molar-refractivity contribution in [3.05, 3.63) is 114 Å². The Balaban J connectivity index is 1.58. The van der Waals surface area contributed by atoms with Gasteiger partial charge in [-0.25, -0.2) is 14.8 Å². The van der Waals surface area contributed by atoms with Crippen molar-refractivity contribution in [1.29, 1.82) is 0 Å². The summed E-state index contributed by atoms with van der Waals surface area (Å²) in [5, 5.41) is 12.8. The molecule has 1 heterocycles. The molecule has 0 fully saturated rings. The van der Waals surface area contributed by atoms with Gasteiger partial charge in [0.05, 0.1) is 24.2 Å². The SMILES string of the molecule is COC(CCOc1ccc(-c2cnc(N/C(=C\c3ccccc3)C(=O)O)c(Cc3ccccc3)n2)cc1)OC. The average Bonchev–Trinajstić information content (AvgIpc) is 2.97. The van der Waals surface area contributed by atoms with Gasteiger partial charge in [-0.2, -0.15) is 0 Å². The van der Waals surface area contributed by atoms with E-state index in [1.165, 1.54) is 0 Å². The number of hydrogen-bond acceptors (Lipinski definition) is 7. The Morgan fingerprint density at radius 2 is 1.62 bits per heavy atom. The molecule has 8 nitrogen and oxygen atoms in total. The third-order valence-electron chi connectivity index (χ3n) is 5.95. The minimum atomic E-state index is -1.09. The van der Waals surface area contributed by atoms with Gasteiger partial charge in [-0.15, -0.1) is 0 Å².